The molecule has 0 radical (unpaired) electrons. The Kier molecular flexibility index (Phi) is 19.8. The third kappa shape index (κ3) is 17.8. The zero-order chi connectivity index (χ0) is 21.2. The predicted octanol–water partition coefficient (Wildman–Crippen LogP) is 6.74. The first-order valence-electron chi connectivity index (χ1n) is 8.88. The van der Waals surface area contributed by atoms with Crippen molar-refractivity contribution in [1.29, 1.82) is 0 Å². The Morgan fingerprint density at radius 2 is 1.38 bits per heavy atom. The lowest BCUT2D eigenvalue weighted by Gasteiger charge is -2.04. The molecule has 0 fully saturated rings. The van der Waals surface area contributed by atoms with Crippen LogP contribution in [0.5, 0.6) is 0 Å². The summed E-state index contributed by atoms with van der Waals surface area (Å²) in [6.45, 7) is 18.2. The summed E-state index contributed by atoms with van der Waals surface area (Å²) in [5, 5.41) is 2.09. The maximum atomic E-state index is 11.8. The minimum Gasteiger partial charge on any atom is -0.255 e. The molecular weight excluding hydrogens is 384 g/mol. The molecular formula is C19H36N2O2S3. The second-order valence-corrected chi connectivity index (χ2v) is 8.85. The lowest BCUT2D eigenvalue weighted by molar-refractivity contribution is 0.601. The Morgan fingerprint density at radius 3 is 1.73 bits per heavy atom. The van der Waals surface area contributed by atoms with Crippen molar-refractivity contribution < 1.29 is 8.42 Å². The van der Waals surface area contributed by atoms with Crippen molar-refractivity contribution in [2.75, 3.05) is 4.72 Å². The maximum Gasteiger partial charge on any atom is 0.263 e. The Labute approximate surface area is 170 Å². The number of anilines is 1. The first-order chi connectivity index (χ1) is 12.2. The summed E-state index contributed by atoms with van der Waals surface area (Å²) >= 11 is 5.37. The molecule has 0 aliphatic rings. The number of nitrogens with one attached hydrogen (secondary N) is 1. The van der Waals surface area contributed by atoms with Gasteiger partial charge in [-0.3, -0.25) is 4.72 Å². The molecule has 0 unspecified atom stereocenters. The van der Waals surface area contributed by atoms with E-state index in [1.165, 1.54) is 23.5 Å². The predicted molar refractivity (Wildman–Crippen MR) is 122 cm³/mol. The summed E-state index contributed by atoms with van der Waals surface area (Å²) in [4.78, 5) is 4.09. The largest absolute Gasteiger partial charge is 0.263 e. The van der Waals surface area contributed by atoms with Crippen molar-refractivity contribution in [2.24, 2.45) is 0 Å². The van der Waals surface area contributed by atoms with Gasteiger partial charge in [-0.25, -0.2) is 13.4 Å². The number of rotatable bonds is 3. The van der Waals surface area contributed by atoms with Crippen LogP contribution in [0.25, 0.3) is 0 Å². The van der Waals surface area contributed by atoms with Crippen LogP contribution in [0.1, 0.15) is 62.3 Å². The highest BCUT2D eigenvalue weighted by atomic mass is 32.2. The summed E-state index contributed by atoms with van der Waals surface area (Å²) in [6.07, 6.45) is 1.55. The summed E-state index contributed by atoms with van der Waals surface area (Å²) in [5.74, 6) is 0. The minimum absolute atomic E-state index is 0.194. The topological polar surface area (TPSA) is 59.1 Å². The van der Waals surface area contributed by atoms with Crippen LogP contribution in [-0.4, -0.2) is 18.1 Å². The fourth-order valence-electron chi connectivity index (χ4n) is 1.05. The Morgan fingerprint density at radius 1 is 0.962 bits per heavy atom. The van der Waals surface area contributed by atoms with E-state index in [0.29, 0.717) is 5.13 Å². The van der Waals surface area contributed by atoms with E-state index in [4.69, 9.17) is 0 Å². The molecule has 1 N–H and O–H groups in total. The van der Waals surface area contributed by atoms with Gasteiger partial charge in [0, 0.05) is 16.3 Å². The van der Waals surface area contributed by atoms with Crippen molar-refractivity contribution in [3.63, 3.8) is 0 Å². The highest BCUT2D eigenvalue weighted by Crippen LogP contribution is 2.17. The van der Waals surface area contributed by atoms with E-state index >= 15 is 0 Å². The molecule has 7 heteroatoms. The number of sulfonamides is 1. The van der Waals surface area contributed by atoms with E-state index < -0.39 is 10.0 Å². The summed E-state index contributed by atoms with van der Waals surface area (Å²) < 4.78 is 26.1. The van der Waals surface area contributed by atoms with Gasteiger partial charge in [-0.2, -0.15) is 12.6 Å². The second-order valence-electron chi connectivity index (χ2n) is 4.93. The lowest BCUT2D eigenvalue weighted by atomic mass is 10.3. The zero-order valence-electron chi connectivity index (χ0n) is 17.6. The standard InChI is InChI=1S/C9H8N2O2S2.C4H10S.3C2H6/c12-15(13,8-4-2-1-3-5-8)11-9-10-6-7-14-9;1-4(2,3)5;3*1-2/h1-7H,(H,10,11);5H,1-3H3;3*1-2H3. The molecule has 2 rings (SSSR count). The summed E-state index contributed by atoms with van der Waals surface area (Å²) in [6, 6.07) is 8.20. The Hall–Kier alpha value is -1.05. The van der Waals surface area contributed by atoms with Crippen molar-refractivity contribution in [3.05, 3.63) is 41.9 Å². The number of hydrogen-bond acceptors (Lipinski definition) is 5. The molecule has 1 heterocycles. The quantitative estimate of drug-likeness (QED) is 0.541. The van der Waals surface area contributed by atoms with Crippen molar-refractivity contribution in [2.45, 2.75) is 72.0 Å². The molecule has 0 bridgehead atoms. The number of thiazole rings is 1. The van der Waals surface area contributed by atoms with Crippen LogP contribution in [0.3, 0.4) is 0 Å². The monoisotopic (exact) mass is 420 g/mol. The van der Waals surface area contributed by atoms with Gasteiger partial charge in [-0.1, -0.05) is 80.5 Å². The van der Waals surface area contributed by atoms with Crippen LogP contribution >= 0.6 is 24.0 Å². The van der Waals surface area contributed by atoms with Crippen molar-refractivity contribution in [1.82, 2.24) is 4.98 Å². The molecule has 4 nitrogen and oxygen atoms in total. The fraction of sp³-hybridized carbons (Fsp3) is 0.526. The number of aromatic nitrogens is 1. The molecule has 26 heavy (non-hydrogen) atoms. The molecule has 0 aliphatic carbocycles. The Bertz CT molecular complexity index is 600. The average molecular weight is 421 g/mol. The second kappa shape index (κ2) is 17.4. The third-order valence-corrected chi connectivity index (χ3v) is 3.88. The van der Waals surface area contributed by atoms with E-state index in [1.807, 2.05) is 41.5 Å². The lowest BCUT2D eigenvalue weighted by Crippen LogP contribution is -2.12. The molecule has 1 aromatic heterocycles. The van der Waals surface area contributed by atoms with Gasteiger partial charge < -0.3 is 0 Å². The number of nitrogens with zero attached hydrogens (tertiary/aromatic N) is 1. The van der Waals surface area contributed by atoms with E-state index in [1.54, 1.807) is 29.8 Å². The van der Waals surface area contributed by atoms with Crippen LogP contribution in [0.15, 0.2) is 46.8 Å². The van der Waals surface area contributed by atoms with Crippen LogP contribution in [0, 0.1) is 0 Å². The SMILES string of the molecule is CC.CC.CC.CC(C)(C)S.O=S(=O)(Nc1nccs1)c1ccccc1. The van der Waals surface area contributed by atoms with Gasteiger partial charge in [0.25, 0.3) is 10.0 Å². The van der Waals surface area contributed by atoms with Gasteiger partial charge in [0.15, 0.2) is 5.13 Å². The molecule has 0 atom stereocenters. The van der Waals surface area contributed by atoms with E-state index in [0.717, 1.165) is 0 Å². The van der Waals surface area contributed by atoms with Gasteiger partial charge in [0.1, 0.15) is 0 Å². The van der Waals surface area contributed by atoms with Crippen molar-refractivity contribution >= 4 is 39.1 Å². The molecule has 1 aromatic carbocycles. The highest BCUT2D eigenvalue weighted by Gasteiger charge is 2.14. The smallest absolute Gasteiger partial charge is 0.255 e. The molecule has 0 saturated carbocycles. The molecule has 0 amide bonds. The summed E-state index contributed by atoms with van der Waals surface area (Å²) in [5.41, 5.74) is 0. The van der Waals surface area contributed by atoms with Gasteiger partial charge >= 0.3 is 0 Å². The molecule has 2 aromatic rings. The van der Waals surface area contributed by atoms with Crippen LogP contribution in [0.2, 0.25) is 0 Å². The fourth-order valence-corrected chi connectivity index (χ4v) is 2.86. The number of benzene rings is 1. The number of hydrogen-bond donors (Lipinski definition) is 2. The van der Waals surface area contributed by atoms with Crippen LogP contribution < -0.4 is 4.72 Å². The normalized spacial score (nSPS) is 9.46. The molecule has 0 saturated heterocycles. The zero-order valence-corrected chi connectivity index (χ0v) is 20.1. The van der Waals surface area contributed by atoms with Crippen LogP contribution in [-0.2, 0) is 10.0 Å². The number of thiol groups is 1. The first-order valence-corrected chi connectivity index (χ1v) is 11.7. The summed E-state index contributed by atoms with van der Waals surface area (Å²) in [7, 11) is -3.49. The minimum atomic E-state index is -3.49. The van der Waals surface area contributed by atoms with E-state index in [-0.39, 0.29) is 9.64 Å². The molecule has 0 spiro atoms. The third-order valence-electron chi connectivity index (χ3n) is 1.71. The average Bonchev–Trinajstić information content (AvgIpc) is 3.12. The van der Waals surface area contributed by atoms with Crippen LogP contribution in [0.4, 0.5) is 5.13 Å². The highest BCUT2D eigenvalue weighted by molar-refractivity contribution is 7.93. The first kappa shape index (κ1) is 29.7. The Balaban J connectivity index is -0.000000407. The van der Waals surface area contributed by atoms with E-state index in [2.05, 4.69) is 43.1 Å². The van der Waals surface area contributed by atoms with Gasteiger partial charge in [-0.15, -0.1) is 11.3 Å². The van der Waals surface area contributed by atoms with Gasteiger partial charge in [0.05, 0.1) is 4.90 Å². The van der Waals surface area contributed by atoms with Gasteiger partial charge in [-0.05, 0) is 12.1 Å². The maximum absolute atomic E-state index is 11.8. The van der Waals surface area contributed by atoms with Gasteiger partial charge in [0.2, 0.25) is 0 Å². The molecule has 0 aliphatic heterocycles. The molecule has 152 valence electrons. The van der Waals surface area contributed by atoms with E-state index in [9.17, 15) is 8.42 Å². The van der Waals surface area contributed by atoms with Crippen molar-refractivity contribution in [3.8, 4) is 0 Å².